The molecule has 0 N–H and O–H groups in total. The molecule has 1 aromatic carbocycles. The summed E-state index contributed by atoms with van der Waals surface area (Å²) in [6.07, 6.45) is 1.57. The number of nitrogens with zero attached hydrogens (tertiary/aromatic N) is 1. The number of hydrogen-bond acceptors (Lipinski definition) is 1. The van der Waals surface area contributed by atoms with Crippen molar-refractivity contribution in [2.24, 2.45) is 0 Å². The van der Waals surface area contributed by atoms with E-state index < -0.39 is 11.6 Å². The molecule has 1 nitrogen and oxygen atoms in total. The van der Waals surface area contributed by atoms with E-state index in [-0.39, 0.29) is 20.1 Å². The Balaban J connectivity index is 0.00000112. The molecule has 4 heteroatoms. The van der Waals surface area contributed by atoms with Crippen LogP contribution in [-0.4, -0.2) is 4.98 Å². The number of aromatic nitrogens is 1. The SMILES string of the molecule is Fc1ccc(-c2ccccn2)c(F)c1.[Ir]. The summed E-state index contributed by atoms with van der Waals surface area (Å²) in [5.41, 5.74) is 0.817. The van der Waals surface area contributed by atoms with Crippen LogP contribution in [0, 0.1) is 11.6 Å². The number of pyridine rings is 1. The Morgan fingerprint density at radius 2 is 1.80 bits per heavy atom. The molecule has 15 heavy (non-hydrogen) atoms. The van der Waals surface area contributed by atoms with Gasteiger partial charge in [-0.05, 0) is 24.3 Å². The van der Waals surface area contributed by atoms with E-state index in [1.54, 1.807) is 24.4 Å². The van der Waals surface area contributed by atoms with Gasteiger partial charge in [0.1, 0.15) is 11.6 Å². The van der Waals surface area contributed by atoms with Gasteiger partial charge in [0, 0.05) is 37.9 Å². The van der Waals surface area contributed by atoms with Crippen LogP contribution in [0.1, 0.15) is 0 Å². The molecule has 0 spiro atoms. The predicted octanol–water partition coefficient (Wildman–Crippen LogP) is 3.02. The second-order valence-electron chi connectivity index (χ2n) is 2.84. The fourth-order valence-corrected chi connectivity index (χ4v) is 1.22. The molecule has 0 aliphatic carbocycles. The van der Waals surface area contributed by atoms with Crippen LogP contribution in [0.2, 0.25) is 0 Å². The molecule has 2 aromatic rings. The molecule has 0 fully saturated rings. The van der Waals surface area contributed by atoms with Crippen LogP contribution in [0.5, 0.6) is 0 Å². The fraction of sp³-hybridized carbons (Fsp3) is 0. The van der Waals surface area contributed by atoms with Gasteiger partial charge in [0.2, 0.25) is 0 Å². The molecule has 0 unspecified atom stereocenters. The van der Waals surface area contributed by atoms with Gasteiger partial charge in [-0.2, -0.15) is 0 Å². The maximum atomic E-state index is 13.3. The van der Waals surface area contributed by atoms with Crippen LogP contribution in [0.15, 0.2) is 42.6 Å². The van der Waals surface area contributed by atoms with Gasteiger partial charge in [0.05, 0.1) is 5.69 Å². The van der Waals surface area contributed by atoms with Gasteiger partial charge in [-0.3, -0.25) is 4.98 Å². The molecule has 0 amide bonds. The molecule has 0 aliphatic heterocycles. The summed E-state index contributed by atoms with van der Waals surface area (Å²) in [4.78, 5) is 3.98. The third-order valence-electron chi connectivity index (χ3n) is 1.87. The Morgan fingerprint density at radius 3 is 2.40 bits per heavy atom. The van der Waals surface area contributed by atoms with Gasteiger partial charge in [-0.1, -0.05) is 6.07 Å². The minimum atomic E-state index is -0.594. The second kappa shape index (κ2) is 5.10. The van der Waals surface area contributed by atoms with Crippen LogP contribution in [0.25, 0.3) is 11.3 Å². The molecule has 0 saturated carbocycles. The zero-order valence-electron chi connectivity index (χ0n) is 7.58. The normalized spacial score (nSPS) is 9.47. The molecule has 0 atom stereocenters. The summed E-state index contributed by atoms with van der Waals surface area (Å²) in [6.45, 7) is 0. The zero-order valence-corrected chi connectivity index (χ0v) is 9.97. The van der Waals surface area contributed by atoms with Gasteiger partial charge < -0.3 is 0 Å². The van der Waals surface area contributed by atoms with E-state index in [0.29, 0.717) is 11.3 Å². The van der Waals surface area contributed by atoms with Crippen molar-refractivity contribution in [1.82, 2.24) is 4.98 Å². The number of rotatable bonds is 1. The van der Waals surface area contributed by atoms with Crippen LogP contribution in [-0.2, 0) is 20.1 Å². The van der Waals surface area contributed by atoms with Crippen LogP contribution < -0.4 is 0 Å². The van der Waals surface area contributed by atoms with Crippen molar-refractivity contribution in [3.05, 3.63) is 54.2 Å². The van der Waals surface area contributed by atoms with E-state index in [2.05, 4.69) is 4.98 Å². The number of halogens is 2. The molecular weight excluding hydrogens is 376 g/mol. The molecule has 0 saturated heterocycles. The van der Waals surface area contributed by atoms with E-state index in [0.717, 1.165) is 6.07 Å². The third-order valence-corrected chi connectivity index (χ3v) is 1.87. The molecule has 2 rings (SSSR count). The van der Waals surface area contributed by atoms with Crippen molar-refractivity contribution in [3.63, 3.8) is 0 Å². The average Bonchev–Trinajstić information content (AvgIpc) is 2.19. The van der Waals surface area contributed by atoms with Crippen molar-refractivity contribution >= 4 is 0 Å². The minimum absolute atomic E-state index is 0. The van der Waals surface area contributed by atoms with E-state index in [4.69, 9.17) is 0 Å². The summed E-state index contributed by atoms with van der Waals surface area (Å²) in [5, 5.41) is 0. The largest absolute Gasteiger partial charge is 0.256 e. The molecule has 1 aromatic heterocycles. The monoisotopic (exact) mass is 384 g/mol. The maximum absolute atomic E-state index is 13.3. The number of hydrogen-bond donors (Lipinski definition) is 0. The van der Waals surface area contributed by atoms with Gasteiger partial charge in [0.15, 0.2) is 0 Å². The van der Waals surface area contributed by atoms with Crippen molar-refractivity contribution in [1.29, 1.82) is 0 Å². The minimum Gasteiger partial charge on any atom is -0.256 e. The molecular formula is C11H7F2IrN. The summed E-state index contributed by atoms with van der Waals surface area (Å²) >= 11 is 0. The van der Waals surface area contributed by atoms with Gasteiger partial charge in [0.25, 0.3) is 0 Å². The molecule has 0 bridgehead atoms. The first-order chi connectivity index (χ1) is 6.77. The summed E-state index contributed by atoms with van der Waals surface area (Å²) in [6, 6.07) is 8.62. The quantitative estimate of drug-likeness (QED) is 0.738. The van der Waals surface area contributed by atoms with Crippen molar-refractivity contribution in [2.75, 3.05) is 0 Å². The first-order valence-corrected chi connectivity index (χ1v) is 4.14. The van der Waals surface area contributed by atoms with Crippen molar-refractivity contribution < 1.29 is 28.9 Å². The van der Waals surface area contributed by atoms with E-state index in [1.165, 1.54) is 12.1 Å². The van der Waals surface area contributed by atoms with Gasteiger partial charge in [-0.15, -0.1) is 0 Å². The summed E-state index contributed by atoms with van der Waals surface area (Å²) < 4.78 is 25.9. The average molecular weight is 383 g/mol. The molecule has 0 aliphatic rings. The Bertz CT molecular complexity index is 446. The van der Waals surface area contributed by atoms with Crippen molar-refractivity contribution in [3.8, 4) is 11.3 Å². The van der Waals surface area contributed by atoms with Crippen LogP contribution in [0.4, 0.5) is 8.78 Å². The van der Waals surface area contributed by atoms with Crippen LogP contribution in [0.3, 0.4) is 0 Å². The molecule has 79 valence electrons. The van der Waals surface area contributed by atoms with Gasteiger partial charge >= 0.3 is 0 Å². The Kier molecular flexibility index (Phi) is 4.06. The maximum Gasteiger partial charge on any atom is 0.135 e. The predicted molar refractivity (Wildman–Crippen MR) is 49.6 cm³/mol. The Morgan fingerprint density at radius 1 is 1.00 bits per heavy atom. The number of benzene rings is 1. The second-order valence-corrected chi connectivity index (χ2v) is 2.84. The Labute approximate surface area is 99.5 Å². The zero-order chi connectivity index (χ0) is 9.97. The van der Waals surface area contributed by atoms with E-state index >= 15 is 0 Å². The van der Waals surface area contributed by atoms with E-state index in [9.17, 15) is 8.78 Å². The molecule has 1 heterocycles. The fourth-order valence-electron chi connectivity index (χ4n) is 1.22. The Hall–Kier alpha value is -1.12. The summed E-state index contributed by atoms with van der Waals surface area (Å²) in [5.74, 6) is -1.18. The van der Waals surface area contributed by atoms with Gasteiger partial charge in [-0.25, -0.2) is 8.78 Å². The van der Waals surface area contributed by atoms with Crippen LogP contribution >= 0.6 is 0 Å². The molecule has 1 radical (unpaired) electrons. The standard InChI is InChI=1S/C11H7F2N.Ir/c12-8-4-5-9(10(13)7-8)11-3-1-2-6-14-11;/h1-7H;. The third kappa shape index (κ3) is 2.67. The van der Waals surface area contributed by atoms with Crippen molar-refractivity contribution in [2.45, 2.75) is 0 Å². The first kappa shape index (κ1) is 12.0. The smallest absolute Gasteiger partial charge is 0.135 e. The first-order valence-electron chi connectivity index (χ1n) is 4.14. The summed E-state index contributed by atoms with van der Waals surface area (Å²) in [7, 11) is 0. The van der Waals surface area contributed by atoms with E-state index in [1.807, 2.05) is 0 Å². The topological polar surface area (TPSA) is 12.9 Å².